The number of hydrogen-bond donors (Lipinski definition) is 2. The number of hydrogen-bond acceptors (Lipinski definition) is 2. The molecule has 1 aliphatic rings. The summed E-state index contributed by atoms with van der Waals surface area (Å²) in [6, 6.07) is -1.84. The Bertz CT molecular complexity index is 243. The summed E-state index contributed by atoms with van der Waals surface area (Å²) in [6.07, 6.45) is -2.20. The van der Waals surface area contributed by atoms with Gasteiger partial charge in [0.25, 0.3) is 0 Å². The predicted octanol–water partition coefficient (Wildman–Crippen LogP) is 0.956. The molecule has 6 heteroatoms. The Balaban J connectivity index is 3.18. The number of allylic oxidation sites excluding steroid dienone is 2. The Hall–Kier alpha value is -1.04. The largest absolute Gasteiger partial charge is 0.397 e. The zero-order valence-corrected chi connectivity index (χ0v) is 5.82. The second kappa shape index (κ2) is 2.78. The quantitative estimate of drug-likeness (QED) is 0.548. The van der Waals surface area contributed by atoms with Gasteiger partial charge in [-0.2, -0.15) is 0 Å². The van der Waals surface area contributed by atoms with Crippen molar-refractivity contribution in [3.05, 3.63) is 23.2 Å². The van der Waals surface area contributed by atoms with Crippen LogP contribution in [0.15, 0.2) is 23.2 Å². The van der Waals surface area contributed by atoms with E-state index in [1.165, 1.54) is 0 Å². The molecule has 68 valence electrons. The van der Waals surface area contributed by atoms with E-state index in [4.69, 9.17) is 11.5 Å². The molecule has 0 fully saturated rings. The van der Waals surface area contributed by atoms with Gasteiger partial charge in [0.05, 0.1) is 11.7 Å². The van der Waals surface area contributed by atoms with Crippen LogP contribution in [0.2, 0.25) is 0 Å². The van der Waals surface area contributed by atoms with Gasteiger partial charge in [-0.25, -0.2) is 17.6 Å². The number of nitrogens with two attached hydrogens (primary N) is 2. The van der Waals surface area contributed by atoms with Crippen molar-refractivity contribution in [3.8, 4) is 0 Å². The first-order chi connectivity index (χ1) is 5.46. The third-order valence-electron chi connectivity index (χ3n) is 1.56. The van der Waals surface area contributed by atoms with Gasteiger partial charge in [0.15, 0.2) is 23.7 Å². The molecule has 2 atom stereocenters. The molecule has 0 radical (unpaired) electrons. The summed E-state index contributed by atoms with van der Waals surface area (Å²) in [4.78, 5) is 0. The molecule has 1 rings (SSSR count). The zero-order chi connectivity index (χ0) is 9.46. The summed E-state index contributed by atoms with van der Waals surface area (Å²) in [5.74, 6) is -5.16. The number of alkyl halides is 1. The highest BCUT2D eigenvalue weighted by molar-refractivity contribution is 5.36. The minimum absolute atomic E-state index is 0.999. The van der Waals surface area contributed by atoms with Crippen LogP contribution in [0.5, 0.6) is 0 Å². The molecular formula is C6H6F4N2. The maximum Gasteiger partial charge on any atom is 0.193 e. The molecular weight excluding hydrogens is 176 g/mol. The molecule has 0 amide bonds. The first kappa shape index (κ1) is 9.05. The fourth-order valence-electron chi connectivity index (χ4n) is 0.821. The molecule has 0 bridgehead atoms. The summed E-state index contributed by atoms with van der Waals surface area (Å²) in [7, 11) is 0. The second-order valence-electron chi connectivity index (χ2n) is 2.36. The Labute approximate surface area is 65.5 Å². The van der Waals surface area contributed by atoms with Crippen molar-refractivity contribution in [1.29, 1.82) is 0 Å². The van der Waals surface area contributed by atoms with Crippen LogP contribution in [0.4, 0.5) is 17.6 Å². The molecule has 0 aromatic rings. The second-order valence-corrected chi connectivity index (χ2v) is 2.36. The Morgan fingerprint density at radius 3 is 2.08 bits per heavy atom. The highest BCUT2D eigenvalue weighted by atomic mass is 19.2. The molecule has 1 aliphatic carbocycles. The fraction of sp³-hybridized carbons (Fsp3) is 0.333. The lowest BCUT2D eigenvalue weighted by molar-refractivity contribution is 0.287. The van der Waals surface area contributed by atoms with Crippen molar-refractivity contribution in [3.63, 3.8) is 0 Å². The van der Waals surface area contributed by atoms with Crippen molar-refractivity contribution in [2.45, 2.75) is 12.2 Å². The van der Waals surface area contributed by atoms with E-state index in [1.54, 1.807) is 0 Å². The van der Waals surface area contributed by atoms with E-state index >= 15 is 0 Å². The van der Waals surface area contributed by atoms with Crippen LogP contribution in [0.25, 0.3) is 0 Å². The number of halogens is 4. The average molecular weight is 182 g/mol. The van der Waals surface area contributed by atoms with Crippen LogP contribution in [-0.4, -0.2) is 12.2 Å². The molecule has 0 saturated heterocycles. The topological polar surface area (TPSA) is 52.0 Å². The van der Waals surface area contributed by atoms with Gasteiger partial charge in [0.2, 0.25) is 0 Å². The van der Waals surface area contributed by atoms with E-state index in [2.05, 4.69) is 0 Å². The molecule has 4 N–H and O–H groups in total. The molecule has 0 saturated carbocycles. The van der Waals surface area contributed by atoms with Crippen molar-refractivity contribution in [2.75, 3.05) is 0 Å². The van der Waals surface area contributed by atoms with Gasteiger partial charge >= 0.3 is 0 Å². The van der Waals surface area contributed by atoms with Crippen molar-refractivity contribution in [2.24, 2.45) is 11.5 Å². The minimum atomic E-state index is -2.20. The summed E-state index contributed by atoms with van der Waals surface area (Å²) in [5, 5.41) is 0. The van der Waals surface area contributed by atoms with Crippen LogP contribution in [0.3, 0.4) is 0 Å². The van der Waals surface area contributed by atoms with Crippen molar-refractivity contribution < 1.29 is 17.6 Å². The van der Waals surface area contributed by atoms with Gasteiger partial charge in [-0.1, -0.05) is 0 Å². The van der Waals surface area contributed by atoms with Crippen LogP contribution in [-0.2, 0) is 0 Å². The highest BCUT2D eigenvalue weighted by Crippen LogP contribution is 2.31. The summed E-state index contributed by atoms with van der Waals surface area (Å²) in [5.41, 5.74) is 8.61. The maximum absolute atomic E-state index is 12.7. The normalized spacial score (nSPS) is 31.4. The monoisotopic (exact) mass is 182 g/mol. The first-order valence-electron chi connectivity index (χ1n) is 3.07. The highest BCUT2D eigenvalue weighted by Gasteiger charge is 2.35. The lowest BCUT2D eigenvalue weighted by Gasteiger charge is -2.20. The van der Waals surface area contributed by atoms with Crippen LogP contribution in [0.1, 0.15) is 0 Å². The van der Waals surface area contributed by atoms with Crippen LogP contribution < -0.4 is 11.5 Å². The maximum atomic E-state index is 12.7. The molecule has 12 heavy (non-hydrogen) atoms. The standard InChI is InChI=1S/C6H6F4N2/c7-1-2(8)5(11)4(10)6(12)3(1)9/h4-5H,11-12H2. The molecule has 0 heterocycles. The van der Waals surface area contributed by atoms with Gasteiger partial charge in [-0.05, 0) is 0 Å². The Kier molecular flexibility index (Phi) is 2.10. The molecule has 0 aromatic carbocycles. The number of rotatable bonds is 0. The molecule has 2 nitrogen and oxygen atoms in total. The van der Waals surface area contributed by atoms with Gasteiger partial charge in [-0.3, -0.25) is 0 Å². The van der Waals surface area contributed by atoms with Gasteiger partial charge in [0.1, 0.15) is 0 Å². The summed E-state index contributed by atoms with van der Waals surface area (Å²) in [6.45, 7) is 0. The van der Waals surface area contributed by atoms with E-state index in [9.17, 15) is 17.6 Å². The lowest BCUT2D eigenvalue weighted by atomic mass is 10.0. The van der Waals surface area contributed by atoms with E-state index in [-0.39, 0.29) is 0 Å². The third-order valence-corrected chi connectivity index (χ3v) is 1.56. The van der Waals surface area contributed by atoms with Crippen LogP contribution in [0, 0.1) is 0 Å². The molecule has 0 aromatic heterocycles. The van der Waals surface area contributed by atoms with E-state index in [0.717, 1.165) is 0 Å². The summed E-state index contributed by atoms with van der Waals surface area (Å²) < 4.78 is 49.9. The predicted molar refractivity (Wildman–Crippen MR) is 34.4 cm³/mol. The average Bonchev–Trinajstić information content (AvgIpc) is 2.08. The lowest BCUT2D eigenvalue weighted by Crippen LogP contribution is -2.39. The Morgan fingerprint density at radius 2 is 1.58 bits per heavy atom. The van der Waals surface area contributed by atoms with Gasteiger partial charge in [-0.15, -0.1) is 0 Å². The van der Waals surface area contributed by atoms with E-state index < -0.39 is 35.4 Å². The van der Waals surface area contributed by atoms with Gasteiger partial charge in [0, 0.05) is 0 Å². The van der Waals surface area contributed by atoms with E-state index in [1.807, 2.05) is 0 Å². The molecule has 0 aliphatic heterocycles. The molecule has 2 unspecified atom stereocenters. The smallest absolute Gasteiger partial charge is 0.193 e. The van der Waals surface area contributed by atoms with Crippen molar-refractivity contribution >= 4 is 0 Å². The third kappa shape index (κ3) is 1.08. The van der Waals surface area contributed by atoms with Crippen molar-refractivity contribution in [1.82, 2.24) is 0 Å². The minimum Gasteiger partial charge on any atom is -0.397 e. The summed E-state index contributed by atoms with van der Waals surface area (Å²) >= 11 is 0. The van der Waals surface area contributed by atoms with Gasteiger partial charge < -0.3 is 11.5 Å². The first-order valence-corrected chi connectivity index (χ1v) is 3.07. The molecule has 0 spiro atoms. The van der Waals surface area contributed by atoms with Crippen LogP contribution >= 0.6 is 0 Å². The Morgan fingerprint density at radius 1 is 1.08 bits per heavy atom. The SMILES string of the molecule is NC1=C(F)C(F)=C(F)C(N)C1F. The fourth-order valence-corrected chi connectivity index (χ4v) is 0.821. The zero-order valence-electron chi connectivity index (χ0n) is 5.82. The van der Waals surface area contributed by atoms with E-state index in [0.29, 0.717) is 0 Å².